The standard InChI is InChI=1S/C25H28N2O3S2/c28-12-2-3-21(17-29)27-16-23-22(25(27)30)4-1-5-24(23)32-18-20-8-6-19(7-9-20)15-26-10-13-31-14-11-26/h1,4-9,12,17,21H,2-3,10-11,13-16,18H2. The number of hydrogen-bond acceptors (Lipinski definition) is 6. The van der Waals surface area contributed by atoms with E-state index in [1.165, 1.54) is 22.6 Å². The third-order valence-electron chi connectivity index (χ3n) is 6.02. The van der Waals surface area contributed by atoms with Gasteiger partial charge in [-0.05, 0) is 35.2 Å². The van der Waals surface area contributed by atoms with Crippen LogP contribution in [0, 0.1) is 0 Å². The van der Waals surface area contributed by atoms with Gasteiger partial charge in [-0.3, -0.25) is 9.69 Å². The highest BCUT2D eigenvalue weighted by Crippen LogP contribution is 2.35. The predicted octanol–water partition coefficient (Wildman–Crippen LogP) is 4.03. The quantitative estimate of drug-likeness (QED) is 0.388. The van der Waals surface area contributed by atoms with Crippen LogP contribution in [0.5, 0.6) is 0 Å². The van der Waals surface area contributed by atoms with E-state index >= 15 is 0 Å². The molecular formula is C25H28N2O3S2. The molecule has 168 valence electrons. The van der Waals surface area contributed by atoms with E-state index in [-0.39, 0.29) is 12.3 Å². The van der Waals surface area contributed by atoms with Crippen LogP contribution in [0.1, 0.15) is 39.9 Å². The highest BCUT2D eigenvalue weighted by Gasteiger charge is 2.33. The lowest BCUT2D eigenvalue weighted by Crippen LogP contribution is -2.36. The second-order valence-electron chi connectivity index (χ2n) is 8.16. The molecule has 0 saturated carbocycles. The summed E-state index contributed by atoms with van der Waals surface area (Å²) in [6.07, 6.45) is 2.22. The van der Waals surface area contributed by atoms with Gasteiger partial charge in [0, 0.05) is 60.3 Å². The second kappa shape index (κ2) is 11.2. The summed E-state index contributed by atoms with van der Waals surface area (Å²) >= 11 is 3.76. The minimum absolute atomic E-state index is 0.120. The lowest BCUT2D eigenvalue weighted by Gasteiger charge is -2.26. The first-order chi connectivity index (χ1) is 15.7. The Labute approximate surface area is 197 Å². The molecule has 0 N–H and O–H groups in total. The summed E-state index contributed by atoms with van der Waals surface area (Å²) in [5.74, 6) is 3.15. The van der Waals surface area contributed by atoms with Gasteiger partial charge in [-0.15, -0.1) is 11.8 Å². The first kappa shape index (κ1) is 23.1. The molecule has 0 spiro atoms. The summed E-state index contributed by atoms with van der Waals surface area (Å²) < 4.78 is 0. The Hall–Kier alpha value is -2.09. The van der Waals surface area contributed by atoms with E-state index < -0.39 is 6.04 Å². The molecule has 0 aliphatic carbocycles. The van der Waals surface area contributed by atoms with Crippen LogP contribution in [-0.4, -0.2) is 58.9 Å². The number of benzene rings is 2. The van der Waals surface area contributed by atoms with Gasteiger partial charge in [-0.1, -0.05) is 30.3 Å². The molecule has 0 aromatic heterocycles. The van der Waals surface area contributed by atoms with Crippen molar-refractivity contribution in [1.82, 2.24) is 9.80 Å². The van der Waals surface area contributed by atoms with Crippen molar-refractivity contribution >= 4 is 42.0 Å². The van der Waals surface area contributed by atoms with Gasteiger partial charge in [-0.2, -0.15) is 11.8 Å². The average molecular weight is 469 g/mol. The summed E-state index contributed by atoms with van der Waals surface area (Å²) in [4.78, 5) is 40.3. The zero-order chi connectivity index (χ0) is 22.3. The number of fused-ring (bicyclic) bond motifs is 1. The van der Waals surface area contributed by atoms with Crippen molar-refractivity contribution in [1.29, 1.82) is 0 Å². The van der Waals surface area contributed by atoms with E-state index in [4.69, 9.17) is 0 Å². The van der Waals surface area contributed by atoms with Crippen molar-refractivity contribution in [2.45, 2.75) is 42.6 Å². The van der Waals surface area contributed by atoms with Gasteiger partial charge >= 0.3 is 0 Å². The Kier molecular flexibility index (Phi) is 8.05. The molecule has 32 heavy (non-hydrogen) atoms. The SMILES string of the molecule is O=CCCC(C=O)N1Cc2c(SCc3ccc(CN4CCSCC4)cc3)cccc2C1=O. The maximum atomic E-state index is 12.9. The lowest BCUT2D eigenvalue weighted by atomic mass is 10.1. The maximum absolute atomic E-state index is 12.9. The van der Waals surface area contributed by atoms with Crippen LogP contribution >= 0.6 is 23.5 Å². The lowest BCUT2D eigenvalue weighted by molar-refractivity contribution is -0.112. The molecule has 1 unspecified atom stereocenters. The molecule has 7 heteroatoms. The molecule has 1 atom stereocenters. The zero-order valence-corrected chi connectivity index (χ0v) is 19.7. The molecule has 1 saturated heterocycles. The number of aldehydes is 2. The molecule has 4 rings (SSSR count). The van der Waals surface area contributed by atoms with Crippen LogP contribution in [0.2, 0.25) is 0 Å². The topological polar surface area (TPSA) is 57.7 Å². The van der Waals surface area contributed by atoms with Crippen LogP contribution in [-0.2, 0) is 28.4 Å². The summed E-state index contributed by atoms with van der Waals surface area (Å²) in [5.41, 5.74) is 4.26. The number of carbonyl (C=O) groups is 3. The maximum Gasteiger partial charge on any atom is 0.255 e. The molecule has 2 aromatic rings. The van der Waals surface area contributed by atoms with Crippen molar-refractivity contribution in [3.63, 3.8) is 0 Å². The van der Waals surface area contributed by atoms with E-state index in [2.05, 4.69) is 29.2 Å². The van der Waals surface area contributed by atoms with Gasteiger partial charge in [0.05, 0.1) is 6.04 Å². The fourth-order valence-corrected chi connectivity index (χ4v) is 6.20. The summed E-state index contributed by atoms with van der Waals surface area (Å²) in [6, 6.07) is 14.1. The third kappa shape index (κ3) is 5.45. The number of thioether (sulfide) groups is 2. The second-order valence-corrected chi connectivity index (χ2v) is 10.4. The summed E-state index contributed by atoms with van der Waals surface area (Å²) in [6.45, 7) is 3.77. The van der Waals surface area contributed by atoms with Crippen LogP contribution < -0.4 is 0 Å². The van der Waals surface area contributed by atoms with Crippen molar-refractivity contribution in [2.24, 2.45) is 0 Å². The molecule has 1 amide bonds. The van der Waals surface area contributed by atoms with E-state index in [0.29, 0.717) is 18.5 Å². The Bertz CT molecular complexity index is 958. The van der Waals surface area contributed by atoms with Crippen LogP contribution in [0.3, 0.4) is 0 Å². The van der Waals surface area contributed by atoms with Crippen molar-refractivity contribution < 1.29 is 14.4 Å². The number of rotatable bonds is 10. The fraction of sp³-hybridized carbons (Fsp3) is 0.400. The van der Waals surface area contributed by atoms with Gasteiger partial charge in [0.15, 0.2) is 0 Å². The molecular weight excluding hydrogens is 440 g/mol. The molecule has 0 bridgehead atoms. The smallest absolute Gasteiger partial charge is 0.255 e. The van der Waals surface area contributed by atoms with Crippen LogP contribution in [0.15, 0.2) is 47.4 Å². The first-order valence-electron chi connectivity index (χ1n) is 11.0. The molecule has 0 radical (unpaired) electrons. The van der Waals surface area contributed by atoms with Gasteiger partial charge in [0.25, 0.3) is 5.91 Å². The first-order valence-corrected chi connectivity index (χ1v) is 13.2. The van der Waals surface area contributed by atoms with E-state index in [0.717, 1.165) is 48.4 Å². The monoisotopic (exact) mass is 468 g/mol. The number of carbonyl (C=O) groups excluding carboxylic acids is 3. The van der Waals surface area contributed by atoms with Crippen LogP contribution in [0.4, 0.5) is 0 Å². The van der Waals surface area contributed by atoms with E-state index in [9.17, 15) is 14.4 Å². The highest BCUT2D eigenvalue weighted by atomic mass is 32.2. The Morgan fingerprint density at radius 1 is 1.03 bits per heavy atom. The molecule has 2 aliphatic heterocycles. The van der Waals surface area contributed by atoms with Crippen molar-refractivity contribution in [2.75, 3.05) is 24.6 Å². The van der Waals surface area contributed by atoms with Gasteiger partial charge in [0.2, 0.25) is 0 Å². The van der Waals surface area contributed by atoms with Gasteiger partial charge in [0.1, 0.15) is 12.6 Å². The Balaban J connectivity index is 1.39. The number of hydrogen-bond donors (Lipinski definition) is 0. The largest absolute Gasteiger partial charge is 0.324 e. The van der Waals surface area contributed by atoms with Gasteiger partial charge in [-0.25, -0.2) is 0 Å². The molecule has 5 nitrogen and oxygen atoms in total. The number of amides is 1. The minimum Gasteiger partial charge on any atom is -0.324 e. The van der Waals surface area contributed by atoms with Gasteiger partial charge < -0.3 is 14.5 Å². The molecule has 1 fully saturated rings. The predicted molar refractivity (Wildman–Crippen MR) is 130 cm³/mol. The number of nitrogens with zero attached hydrogens (tertiary/aromatic N) is 2. The van der Waals surface area contributed by atoms with Crippen molar-refractivity contribution in [3.8, 4) is 0 Å². The minimum atomic E-state index is -0.552. The Morgan fingerprint density at radius 2 is 1.78 bits per heavy atom. The summed E-state index contributed by atoms with van der Waals surface area (Å²) in [5, 5.41) is 0. The van der Waals surface area contributed by atoms with E-state index in [1.807, 2.05) is 30.0 Å². The summed E-state index contributed by atoms with van der Waals surface area (Å²) in [7, 11) is 0. The normalized spacial score (nSPS) is 17.2. The molecule has 2 heterocycles. The third-order valence-corrected chi connectivity index (χ3v) is 8.13. The van der Waals surface area contributed by atoms with Crippen molar-refractivity contribution in [3.05, 3.63) is 64.7 Å². The van der Waals surface area contributed by atoms with E-state index in [1.54, 1.807) is 16.7 Å². The average Bonchev–Trinajstić information content (AvgIpc) is 3.17. The highest BCUT2D eigenvalue weighted by molar-refractivity contribution is 7.99. The molecule has 2 aromatic carbocycles. The Morgan fingerprint density at radius 3 is 2.50 bits per heavy atom. The van der Waals surface area contributed by atoms with Crippen LogP contribution in [0.25, 0.3) is 0 Å². The fourth-order valence-electron chi connectivity index (χ4n) is 4.18. The molecule has 2 aliphatic rings. The zero-order valence-electron chi connectivity index (χ0n) is 18.1.